The summed E-state index contributed by atoms with van der Waals surface area (Å²) in [7, 11) is 0. The van der Waals surface area contributed by atoms with Crippen molar-refractivity contribution >= 4 is 0 Å². The summed E-state index contributed by atoms with van der Waals surface area (Å²) in [6.45, 7) is 3.04. The number of hydrogen-bond acceptors (Lipinski definition) is 2. The van der Waals surface area contributed by atoms with E-state index in [1.165, 1.54) is 17.5 Å². The quantitative estimate of drug-likeness (QED) is 0.833. The molecule has 2 heteroatoms. The number of aryl methyl sites for hydroxylation is 1. The summed E-state index contributed by atoms with van der Waals surface area (Å²) in [4.78, 5) is 0. The normalized spacial score (nSPS) is 12.3. The van der Waals surface area contributed by atoms with E-state index in [-0.39, 0.29) is 0 Å². The number of aromatic hydroxyl groups is 1. The highest BCUT2D eigenvalue weighted by Gasteiger charge is 2.03. The average Bonchev–Trinajstić information content (AvgIpc) is 2.47. The second-order valence-corrected chi connectivity index (χ2v) is 5.46. The van der Waals surface area contributed by atoms with E-state index in [0.29, 0.717) is 11.7 Å². The van der Waals surface area contributed by atoms with Crippen LogP contribution in [0.2, 0.25) is 0 Å². The van der Waals surface area contributed by atoms with Gasteiger partial charge < -0.3 is 10.8 Å². The van der Waals surface area contributed by atoms with Crippen molar-refractivity contribution in [2.24, 2.45) is 11.7 Å². The van der Waals surface area contributed by atoms with Gasteiger partial charge in [-0.25, -0.2) is 0 Å². The zero-order valence-corrected chi connectivity index (χ0v) is 12.0. The average molecular weight is 269 g/mol. The van der Waals surface area contributed by atoms with Crippen molar-refractivity contribution in [3.05, 3.63) is 54.1 Å². The van der Waals surface area contributed by atoms with Crippen LogP contribution in [0.25, 0.3) is 11.1 Å². The predicted octanol–water partition coefficient (Wildman–Crippen LogP) is 3.98. The Morgan fingerprint density at radius 1 is 0.900 bits per heavy atom. The Balaban J connectivity index is 1.97. The van der Waals surface area contributed by atoms with Gasteiger partial charge in [0.15, 0.2) is 0 Å². The van der Waals surface area contributed by atoms with E-state index in [2.05, 4.69) is 31.2 Å². The Morgan fingerprint density at radius 2 is 1.45 bits per heavy atom. The van der Waals surface area contributed by atoms with E-state index in [1.54, 1.807) is 12.1 Å². The van der Waals surface area contributed by atoms with Gasteiger partial charge in [0, 0.05) is 0 Å². The van der Waals surface area contributed by atoms with Gasteiger partial charge in [0.1, 0.15) is 5.75 Å². The Kier molecular flexibility index (Phi) is 5.19. The summed E-state index contributed by atoms with van der Waals surface area (Å²) < 4.78 is 0. The zero-order valence-electron chi connectivity index (χ0n) is 12.0. The molecular weight excluding hydrogens is 246 g/mol. The lowest BCUT2D eigenvalue weighted by atomic mass is 9.97. The van der Waals surface area contributed by atoms with Crippen LogP contribution in [0.3, 0.4) is 0 Å². The molecule has 0 aromatic heterocycles. The van der Waals surface area contributed by atoms with E-state index >= 15 is 0 Å². The molecule has 106 valence electrons. The molecule has 20 heavy (non-hydrogen) atoms. The summed E-state index contributed by atoms with van der Waals surface area (Å²) in [6.07, 6.45) is 3.40. The third-order valence-corrected chi connectivity index (χ3v) is 3.74. The molecule has 0 amide bonds. The van der Waals surface area contributed by atoms with Gasteiger partial charge in [-0.15, -0.1) is 0 Å². The van der Waals surface area contributed by atoms with Gasteiger partial charge in [-0.3, -0.25) is 0 Å². The van der Waals surface area contributed by atoms with Crippen LogP contribution in [-0.2, 0) is 6.42 Å². The minimum atomic E-state index is 0.305. The van der Waals surface area contributed by atoms with Crippen LogP contribution in [0.5, 0.6) is 5.75 Å². The minimum absolute atomic E-state index is 0.305. The van der Waals surface area contributed by atoms with Crippen molar-refractivity contribution in [3.8, 4) is 16.9 Å². The van der Waals surface area contributed by atoms with Crippen molar-refractivity contribution < 1.29 is 5.11 Å². The van der Waals surface area contributed by atoms with Crippen molar-refractivity contribution in [3.63, 3.8) is 0 Å². The van der Waals surface area contributed by atoms with Crippen LogP contribution in [0, 0.1) is 5.92 Å². The molecule has 0 aliphatic heterocycles. The molecular formula is C18H23NO. The topological polar surface area (TPSA) is 46.2 Å². The molecule has 2 aromatic carbocycles. The molecule has 2 rings (SSSR count). The van der Waals surface area contributed by atoms with Crippen LogP contribution in [0.1, 0.15) is 25.3 Å². The first-order chi connectivity index (χ1) is 9.69. The number of phenols is 1. The highest BCUT2D eigenvalue weighted by atomic mass is 16.3. The molecule has 2 aromatic rings. The largest absolute Gasteiger partial charge is 0.508 e. The van der Waals surface area contributed by atoms with Gasteiger partial charge in [-0.05, 0) is 60.5 Å². The fraction of sp³-hybridized carbons (Fsp3) is 0.333. The van der Waals surface area contributed by atoms with Crippen molar-refractivity contribution in [2.45, 2.75) is 26.2 Å². The molecule has 0 heterocycles. The minimum Gasteiger partial charge on any atom is -0.508 e. The standard InChI is InChI=1S/C18H23NO/c1-14(12-13-19)2-3-15-4-6-16(7-5-15)17-8-10-18(20)11-9-17/h4-11,14,20H,2-3,12-13,19H2,1H3. The van der Waals surface area contributed by atoms with Crippen LogP contribution in [-0.4, -0.2) is 11.7 Å². The van der Waals surface area contributed by atoms with E-state index < -0.39 is 0 Å². The van der Waals surface area contributed by atoms with E-state index in [0.717, 1.165) is 24.9 Å². The monoisotopic (exact) mass is 269 g/mol. The molecule has 3 N–H and O–H groups in total. The van der Waals surface area contributed by atoms with Crippen molar-refractivity contribution in [2.75, 3.05) is 6.54 Å². The molecule has 0 aliphatic rings. The van der Waals surface area contributed by atoms with Gasteiger partial charge in [0.2, 0.25) is 0 Å². The summed E-state index contributed by atoms with van der Waals surface area (Å²) in [5.74, 6) is 0.996. The molecule has 1 unspecified atom stereocenters. The zero-order chi connectivity index (χ0) is 14.4. The SMILES string of the molecule is CC(CCN)CCc1ccc(-c2ccc(O)cc2)cc1. The second kappa shape index (κ2) is 7.11. The molecule has 0 saturated carbocycles. The van der Waals surface area contributed by atoms with Crippen molar-refractivity contribution in [1.82, 2.24) is 0 Å². The fourth-order valence-corrected chi connectivity index (χ4v) is 2.36. The number of rotatable bonds is 6. The van der Waals surface area contributed by atoms with E-state index in [9.17, 15) is 5.11 Å². The van der Waals surface area contributed by atoms with Crippen LogP contribution in [0.15, 0.2) is 48.5 Å². The maximum absolute atomic E-state index is 9.30. The molecule has 0 saturated heterocycles. The van der Waals surface area contributed by atoms with Gasteiger partial charge in [-0.2, -0.15) is 0 Å². The first-order valence-corrected chi connectivity index (χ1v) is 7.27. The summed E-state index contributed by atoms with van der Waals surface area (Å²) in [5.41, 5.74) is 9.26. The Bertz CT molecular complexity index is 516. The first kappa shape index (κ1) is 14.6. The third kappa shape index (κ3) is 4.10. The van der Waals surface area contributed by atoms with Gasteiger partial charge in [0.05, 0.1) is 0 Å². The number of phenolic OH excluding ortho intramolecular Hbond substituents is 1. The number of benzene rings is 2. The molecule has 2 nitrogen and oxygen atoms in total. The Labute approximate surface area is 121 Å². The summed E-state index contributed by atoms with van der Waals surface area (Å²) >= 11 is 0. The molecule has 1 atom stereocenters. The highest BCUT2D eigenvalue weighted by molar-refractivity contribution is 5.64. The van der Waals surface area contributed by atoms with Crippen molar-refractivity contribution in [1.29, 1.82) is 0 Å². The fourth-order valence-electron chi connectivity index (χ4n) is 2.36. The smallest absolute Gasteiger partial charge is 0.115 e. The maximum atomic E-state index is 9.30. The predicted molar refractivity (Wildman–Crippen MR) is 84.7 cm³/mol. The second-order valence-electron chi connectivity index (χ2n) is 5.46. The number of nitrogens with two attached hydrogens (primary N) is 1. The van der Waals surface area contributed by atoms with E-state index in [1.807, 2.05) is 12.1 Å². The van der Waals surface area contributed by atoms with Gasteiger partial charge in [-0.1, -0.05) is 43.3 Å². The lowest BCUT2D eigenvalue weighted by molar-refractivity contribution is 0.475. The highest BCUT2D eigenvalue weighted by Crippen LogP contribution is 2.23. The molecule has 0 fully saturated rings. The van der Waals surface area contributed by atoms with Crippen LogP contribution in [0.4, 0.5) is 0 Å². The summed E-state index contributed by atoms with van der Waals surface area (Å²) in [5, 5.41) is 9.30. The van der Waals surface area contributed by atoms with Crippen LogP contribution < -0.4 is 5.73 Å². The van der Waals surface area contributed by atoms with E-state index in [4.69, 9.17) is 5.73 Å². The molecule has 0 radical (unpaired) electrons. The molecule has 0 aliphatic carbocycles. The van der Waals surface area contributed by atoms with Gasteiger partial charge in [0.25, 0.3) is 0 Å². The third-order valence-electron chi connectivity index (χ3n) is 3.74. The first-order valence-electron chi connectivity index (χ1n) is 7.27. The Morgan fingerprint density at radius 3 is 2.00 bits per heavy atom. The molecule has 0 bridgehead atoms. The molecule has 0 spiro atoms. The summed E-state index contributed by atoms with van der Waals surface area (Å²) in [6, 6.07) is 16.0. The van der Waals surface area contributed by atoms with Crippen LogP contribution >= 0.6 is 0 Å². The van der Waals surface area contributed by atoms with Gasteiger partial charge >= 0.3 is 0 Å². The lowest BCUT2D eigenvalue weighted by Crippen LogP contribution is -2.06. The number of hydrogen-bond donors (Lipinski definition) is 2. The maximum Gasteiger partial charge on any atom is 0.115 e. The lowest BCUT2D eigenvalue weighted by Gasteiger charge is -2.10. The Hall–Kier alpha value is -1.80.